The molecule has 0 radical (unpaired) electrons. The maximum atomic E-state index is 13.7. The summed E-state index contributed by atoms with van der Waals surface area (Å²) in [6.07, 6.45) is 0.192. The Kier molecular flexibility index (Phi) is 8.38. The molecule has 0 aliphatic rings. The minimum atomic E-state index is -4.00. The summed E-state index contributed by atoms with van der Waals surface area (Å²) in [5, 5.41) is 3.09. The zero-order chi connectivity index (χ0) is 26.3. The summed E-state index contributed by atoms with van der Waals surface area (Å²) in [5.74, 6) is 0.168. The fourth-order valence-corrected chi connectivity index (χ4v) is 5.48. The van der Waals surface area contributed by atoms with Crippen molar-refractivity contribution in [1.82, 2.24) is 10.0 Å². The zero-order valence-corrected chi connectivity index (χ0v) is 21.6. The Morgan fingerprint density at radius 1 is 0.811 bits per heavy atom. The van der Waals surface area contributed by atoms with Crippen molar-refractivity contribution in [3.05, 3.63) is 131 Å². The van der Waals surface area contributed by atoms with Crippen LogP contribution < -0.4 is 14.8 Å². The molecule has 0 bridgehead atoms. The monoisotopic (exact) mass is 514 g/mol. The molecule has 0 aromatic heterocycles. The summed E-state index contributed by atoms with van der Waals surface area (Å²) in [4.78, 5) is 13.8. The van der Waals surface area contributed by atoms with Crippen LogP contribution in [0.5, 0.6) is 5.75 Å². The molecule has 4 aromatic rings. The van der Waals surface area contributed by atoms with Crippen LogP contribution >= 0.6 is 0 Å². The van der Waals surface area contributed by atoms with Crippen LogP contribution in [0.1, 0.15) is 28.3 Å². The molecule has 37 heavy (non-hydrogen) atoms. The molecular formula is C30H30N2O4S. The highest BCUT2D eigenvalue weighted by Crippen LogP contribution is 2.24. The van der Waals surface area contributed by atoms with E-state index in [1.807, 2.05) is 91.0 Å². The van der Waals surface area contributed by atoms with E-state index in [9.17, 15) is 13.2 Å². The van der Waals surface area contributed by atoms with Crippen LogP contribution in [0, 0.1) is 6.92 Å². The van der Waals surface area contributed by atoms with Gasteiger partial charge < -0.3 is 10.1 Å². The molecule has 4 rings (SSSR count). The van der Waals surface area contributed by atoms with Crippen molar-refractivity contribution < 1.29 is 17.9 Å². The van der Waals surface area contributed by atoms with Gasteiger partial charge in [0.1, 0.15) is 11.8 Å². The molecule has 0 aliphatic carbocycles. The Hall–Kier alpha value is -3.94. The Labute approximate surface area is 218 Å². The van der Waals surface area contributed by atoms with E-state index in [0.717, 1.165) is 16.7 Å². The Bertz CT molecular complexity index is 1390. The molecular weight excluding hydrogens is 484 g/mol. The number of hydrogen-bond acceptors (Lipinski definition) is 4. The first-order valence-corrected chi connectivity index (χ1v) is 13.5. The summed E-state index contributed by atoms with van der Waals surface area (Å²) >= 11 is 0. The van der Waals surface area contributed by atoms with Crippen LogP contribution in [0.3, 0.4) is 0 Å². The lowest BCUT2D eigenvalue weighted by molar-refractivity contribution is -0.123. The van der Waals surface area contributed by atoms with Crippen molar-refractivity contribution in [2.45, 2.75) is 30.3 Å². The molecule has 0 saturated carbocycles. The highest BCUT2D eigenvalue weighted by atomic mass is 32.2. The second kappa shape index (κ2) is 11.9. The van der Waals surface area contributed by atoms with Crippen LogP contribution in [-0.2, 0) is 21.2 Å². The average molecular weight is 515 g/mol. The van der Waals surface area contributed by atoms with Crippen LogP contribution in [0.2, 0.25) is 0 Å². The van der Waals surface area contributed by atoms with Crippen molar-refractivity contribution in [3.63, 3.8) is 0 Å². The van der Waals surface area contributed by atoms with E-state index in [-0.39, 0.29) is 11.3 Å². The Morgan fingerprint density at radius 3 is 1.86 bits per heavy atom. The minimum absolute atomic E-state index is 0.0688. The first kappa shape index (κ1) is 26.1. The standard InChI is InChI=1S/C30H30N2O4S/c1-22-20-26(18-19-28(22)36-2)37(34,35)32-27(21-23-12-6-3-7-13-23)30(33)31-29(24-14-8-4-9-15-24)25-16-10-5-11-17-25/h3-20,27,29,32H,21H2,1-2H3,(H,31,33)/t27-/m1/s1. The SMILES string of the molecule is COc1ccc(S(=O)(=O)N[C@H](Cc2ccccc2)C(=O)NC(c2ccccc2)c2ccccc2)cc1C. The third-order valence-corrected chi connectivity index (χ3v) is 7.59. The van der Waals surface area contributed by atoms with E-state index < -0.39 is 28.0 Å². The number of aryl methyl sites for hydroxylation is 1. The molecule has 0 aliphatic heterocycles. The van der Waals surface area contributed by atoms with Gasteiger partial charge in [0.25, 0.3) is 0 Å². The second-order valence-corrected chi connectivity index (χ2v) is 10.5. The van der Waals surface area contributed by atoms with Gasteiger partial charge in [-0.15, -0.1) is 0 Å². The number of carbonyl (C=O) groups excluding carboxylic acids is 1. The number of methoxy groups -OCH3 is 1. The maximum Gasteiger partial charge on any atom is 0.241 e. The summed E-state index contributed by atoms with van der Waals surface area (Å²) in [5.41, 5.74) is 3.32. The summed E-state index contributed by atoms with van der Waals surface area (Å²) < 4.78 is 34.7. The van der Waals surface area contributed by atoms with E-state index in [0.29, 0.717) is 11.3 Å². The molecule has 7 heteroatoms. The molecule has 1 atom stereocenters. The van der Waals surface area contributed by atoms with Gasteiger partial charge in [0, 0.05) is 0 Å². The molecule has 0 heterocycles. The molecule has 6 nitrogen and oxygen atoms in total. The number of sulfonamides is 1. The van der Waals surface area contributed by atoms with Crippen molar-refractivity contribution in [2.24, 2.45) is 0 Å². The number of benzene rings is 4. The van der Waals surface area contributed by atoms with Gasteiger partial charge in [0.05, 0.1) is 18.0 Å². The highest BCUT2D eigenvalue weighted by Gasteiger charge is 2.29. The number of carbonyl (C=O) groups is 1. The summed E-state index contributed by atoms with van der Waals surface area (Å²) in [6, 6.07) is 31.7. The molecule has 0 unspecified atom stereocenters. The third kappa shape index (κ3) is 6.64. The fraction of sp³-hybridized carbons (Fsp3) is 0.167. The smallest absolute Gasteiger partial charge is 0.241 e. The van der Waals surface area contributed by atoms with E-state index in [1.165, 1.54) is 19.2 Å². The summed E-state index contributed by atoms with van der Waals surface area (Å²) in [7, 11) is -2.47. The molecule has 0 spiro atoms. The van der Waals surface area contributed by atoms with Gasteiger partial charge in [-0.25, -0.2) is 8.42 Å². The lowest BCUT2D eigenvalue weighted by atomic mass is 9.97. The van der Waals surface area contributed by atoms with Gasteiger partial charge in [0.15, 0.2) is 0 Å². The number of rotatable bonds is 10. The van der Waals surface area contributed by atoms with E-state index in [4.69, 9.17) is 4.74 Å². The van der Waals surface area contributed by atoms with Crippen LogP contribution in [0.25, 0.3) is 0 Å². The van der Waals surface area contributed by atoms with Gasteiger partial charge in [0.2, 0.25) is 15.9 Å². The summed E-state index contributed by atoms with van der Waals surface area (Å²) in [6.45, 7) is 1.77. The number of ether oxygens (including phenoxy) is 1. The predicted molar refractivity (Wildman–Crippen MR) is 145 cm³/mol. The number of nitrogens with one attached hydrogen (secondary N) is 2. The van der Waals surface area contributed by atoms with Crippen molar-refractivity contribution in [1.29, 1.82) is 0 Å². The topological polar surface area (TPSA) is 84.5 Å². The minimum Gasteiger partial charge on any atom is -0.496 e. The van der Waals surface area contributed by atoms with Crippen molar-refractivity contribution in [2.75, 3.05) is 7.11 Å². The van der Waals surface area contributed by atoms with E-state index in [1.54, 1.807) is 13.0 Å². The van der Waals surface area contributed by atoms with Crippen LogP contribution in [0.4, 0.5) is 0 Å². The Balaban J connectivity index is 1.66. The van der Waals surface area contributed by atoms with Gasteiger partial charge >= 0.3 is 0 Å². The van der Waals surface area contributed by atoms with Gasteiger partial charge in [-0.05, 0) is 53.8 Å². The maximum absolute atomic E-state index is 13.7. The lowest BCUT2D eigenvalue weighted by Gasteiger charge is -2.24. The largest absolute Gasteiger partial charge is 0.496 e. The van der Waals surface area contributed by atoms with Gasteiger partial charge in [-0.1, -0.05) is 91.0 Å². The number of hydrogen-bond donors (Lipinski definition) is 2. The lowest BCUT2D eigenvalue weighted by Crippen LogP contribution is -2.49. The van der Waals surface area contributed by atoms with Crippen LogP contribution in [-0.4, -0.2) is 27.5 Å². The zero-order valence-electron chi connectivity index (χ0n) is 20.8. The fourth-order valence-electron chi connectivity index (χ4n) is 4.20. The molecule has 0 saturated heterocycles. The first-order chi connectivity index (χ1) is 17.9. The molecule has 0 fully saturated rings. The van der Waals surface area contributed by atoms with E-state index >= 15 is 0 Å². The first-order valence-electron chi connectivity index (χ1n) is 12.0. The quantitative estimate of drug-likeness (QED) is 0.318. The van der Waals surface area contributed by atoms with E-state index in [2.05, 4.69) is 10.0 Å². The number of amides is 1. The highest BCUT2D eigenvalue weighted by molar-refractivity contribution is 7.89. The average Bonchev–Trinajstić information content (AvgIpc) is 2.92. The van der Waals surface area contributed by atoms with Gasteiger partial charge in [-0.2, -0.15) is 4.72 Å². The van der Waals surface area contributed by atoms with Crippen molar-refractivity contribution >= 4 is 15.9 Å². The van der Waals surface area contributed by atoms with Crippen molar-refractivity contribution in [3.8, 4) is 5.75 Å². The molecule has 1 amide bonds. The van der Waals surface area contributed by atoms with Gasteiger partial charge in [-0.3, -0.25) is 4.79 Å². The van der Waals surface area contributed by atoms with Crippen LogP contribution in [0.15, 0.2) is 114 Å². The second-order valence-electron chi connectivity index (χ2n) is 8.76. The Morgan fingerprint density at radius 2 is 1.35 bits per heavy atom. The predicted octanol–water partition coefficient (Wildman–Crippen LogP) is 4.80. The molecule has 190 valence electrons. The third-order valence-electron chi connectivity index (χ3n) is 6.13. The molecule has 2 N–H and O–H groups in total. The molecule has 4 aromatic carbocycles. The normalized spacial score (nSPS) is 12.2.